The van der Waals surface area contributed by atoms with Crippen LogP contribution in [0.15, 0.2) is 30.5 Å². The van der Waals surface area contributed by atoms with Crippen molar-refractivity contribution in [1.29, 1.82) is 0 Å². The second kappa shape index (κ2) is 5.02. The monoisotopic (exact) mass is 281 g/mol. The Bertz CT molecular complexity index is 667. The van der Waals surface area contributed by atoms with Crippen LogP contribution in [0, 0.1) is 0 Å². The highest BCUT2D eigenvalue weighted by molar-refractivity contribution is 5.46. The van der Waals surface area contributed by atoms with Gasteiger partial charge in [0.1, 0.15) is 17.4 Å². The summed E-state index contributed by atoms with van der Waals surface area (Å²) in [4.78, 5) is 11.5. The molecular weight excluding hydrogens is 262 g/mol. The van der Waals surface area contributed by atoms with Gasteiger partial charge in [0, 0.05) is 25.2 Å². The molecule has 4 rings (SSSR count). The Morgan fingerprint density at radius 1 is 1.19 bits per heavy atom. The number of ether oxygens (including phenoxy) is 1. The topological polar surface area (TPSA) is 38.2 Å². The number of nitrogens with zero attached hydrogens (tertiary/aromatic N) is 3. The van der Waals surface area contributed by atoms with Crippen LogP contribution < -0.4 is 9.64 Å². The molecular formula is C17H19N3O. The summed E-state index contributed by atoms with van der Waals surface area (Å²) in [5, 5.41) is 0. The third kappa shape index (κ3) is 2.46. The lowest BCUT2D eigenvalue weighted by molar-refractivity contribution is 0.413. The van der Waals surface area contributed by atoms with Crippen molar-refractivity contribution >= 4 is 5.82 Å². The molecule has 1 saturated carbocycles. The summed E-state index contributed by atoms with van der Waals surface area (Å²) in [6, 6.07) is 8.40. The molecule has 1 aliphatic heterocycles. The quantitative estimate of drug-likeness (QED) is 0.867. The number of methoxy groups -OCH3 is 1. The van der Waals surface area contributed by atoms with Gasteiger partial charge in [0.25, 0.3) is 0 Å². The van der Waals surface area contributed by atoms with Crippen LogP contribution in [0.3, 0.4) is 0 Å². The van der Waals surface area contributed by atoms with Crippen LogP contribution in [0.2, 0.25) is 0 Å². The summed E-state index contributed by atoms with van der Waals surface area (Å²) in [7, 11) is 1.72. The van der Waals surface area contributed by atoms with Gasteiger partial charge in [-0.1, -0.05) is 6.07 Å². The summed E-state index contributed by atoms with van der Waals surface area (Å²) in [5.41, 5.74) is 2.76. The molecule has 108 valence electrons. The van der Waals surface area contributed by atoms with Crippen molar-refractivity contribution in [2.75, 3.05) is 18.6 Å². The van der Waals surface area contributed by atoms with E-state index in [1.54, 1.807) is 7.11 Å². The fourth-order valence-electron chi connectivity index (χ4n) is 2.93. The molecule has 0 amide bonds. The van der Waals surface area contributed by atoms with E-state index < -0.39 is 0 Å². The molecule has 1 aromatic carbocycles. The van der Waals surface area contributed by atoms with E-state index in [1.165, 1.54) is 24.0 Å². The molecule has 4 nitrogen and oxygen atoms in total. The summed E-state index contributed by atoms with van der Waals surface area (Å²) >= 11 is 0. The second-order valence-corrected chi connectivity index (χ2v) is 5.85. The normalized spacial score (nSPS) is 17.5. The van der Waals surface area contributed by atoms with Gasteiger partial charge in [0.05, 0.1) is 7.11 Å². The predicted octanol–water partition coefficient (Wildman–Crippen LogP) is 2.93. The van der Waals surface area contributed by atoms with Gasteiger partial charge in [-0.3, -0.25) is 0 Å². The minimum absolute atomic E-state index is 0.599. The number of hydrogen-bond donors (Lipinski definition) is 0. The molecule has 0 saturated heterocycles. The molecule has 0 N–H and O–H groups in total. The summed E-state index contributed by atoms with van der Waals surface area (Å²) in [6.07, 6.45) is 5.44. The molecule has 2 aliphatic rings. The molecule has 2 aromatic rings. The molecule has 1 fully saturated rings. The van der Waals surface area contributed by atoms with Crippen LogP contribution in [0.25, 0.3) is 0 Å². The maximum Gasteiger partial charge on any atom is 0.133 e. The Balaban J connectivity index is 1.60. The highest BCUT2D eigenvalue weighted by Crippen LogP contribution is 2.38. The van der Waals surface area contributed by atoms with Gasteiger partial charge < -0.3 is 9.64 Å². The Morgan fingerprint density at radius 2 is 2.10 bits per heavy atom. The Labute approximate surface area is 124 Å². The molecule has 1 aromatic heterocycles. The van der Waals surface area contributed by atoms with E-state index in [2.05, 4.69) is 22.0 Å². The number of rotatable bonds is 3. The lowest BCUT2D eigenvalue weighted by atomic mass is 9.99. The maximum absolute atomic E-state index is 5.34. The first-order valence-electron chi connectivity index (χ1n) is 7.57. The van der Waals surface area contributed by atoms with E-state index in [1.807, 2.05) is 18.3 Å². The van der Waals surface area contributed by atoms with Crippen molar-refractivity contribution in [1.82, 2.24) is 9.97 Å². The standard InChI is InChI=1S/C17H19N3O/c1-21-15-5-4-12-7-9-20(11-14(12)10-15)16-6-8-18-17(19-16)13-2-3-13/h4-6,8,10,13H,2-3,7,9,11H2,1H3. The summed E-state index contributed by atoms with van der Waals surface area (Å²) in [5.74, 6) is 3.60. The van der Waals surface area contributed by atoms with E-state index in [4.69, 9.17) is 9.72 Å². The zero-order valence-electron chi connectivity index (χ0n) is 12.2. The Kier molecular flexibility index (Phi) is 3.02. The van der Waals surface area contributed by atoms with Crippen molar-refractivity contribution in [3.05, 3.63) is 47.4 Å². The number of fused-ring (bicyclic) bond motifs is 1. The number of anilines is 1. The largest absolute Gasteiger partial charge is 0.497 e. The van der Waals surface area contributed by atoms with Gasteiger partial charge in [0.2, 0.25) is 0 Å². The van der Waals surface area contributed by atoms with Crippen molar-refractivity contribution in [3.8, 4) is 5.75 Å². The predicted molar refractivity (Wildman–Crippen MR) is 81.8 cm³/mol. The fourth-order valence-corrected chi connectivity index (χ4v) is 2.93. The number of benzene rings is 1. The lowest BCUT2D eigenvalue weighted by Gasteiger charge is -2.30. The van der Waals surface area contributed by atoms with Gasteiger partial charge in [-0.25, -0.2) is 9.97 Å². The SMILES string of the molecule is COc1ccc2c(c1)CN(c1ccnc(C3CC3)n1)CC2. The second-order valence-electron chi connectivity index (χ2n) is 5.85. The first kappa shape index (κ1) is 12.6. The van der Waals surface area contributed by atoms with Crippen molar-refractivity contribution in [3.63, 3.8) is 0 Å². The maximum atomic E-state index is 5.34. The molecule has 21 heavy (non-hydrogen) atoms. The van der Waals surface area contributed by atoms with E-state index >= 15 is 0 Å². The first-order valence-corrected chi connectivity index (χ1v) is 7.57. The summed E-state index contributed by atoms with van der Waals surface area (Å²) < 4.78 is 5.34. The molecule has 0 radical (unpaired) electrons. The van der Waals surface area contributed by atoms with E-state index in [9.17, 15) is 0 Å². The number of aromatic nitrogens is 2. The molecule has 1 aliphatic carbocycles. The lowest BCUT2D eigenvalue weighted by Crippen LogP contribution is -2.31. The van der Waals surface area contributed by atoms with Crippen LogP contribution in [0.5, 0.6) is 5.75 Å². The average molecular weight is 281 g/mol. The highest BCUT2D eigenvalue weighted by Gasteiger charge is 2.27. The van der Waals surface area contributed by atoms with Gasteiger partial charge in [-0.15, -0.1) is 0 Å². The van der Waals surface area contributed by atoms with Gasteiger partial charge in [-0.2, -0.15) is 0 Å². The zero-order valence-corrected chi connectivity index (χ0v) is 12.2. The van der Waals surface area contributed by atoms with E-state index in [0.29, 0.717) is 5.92 Å². The summed E-state index contributed by atoms with van der Waals surface area (Å²) in [6.45, 7) is 1.91. The van der Waals surface area contributed by atoms with Crippen LogP contribution in [0.4, 0.5) is 5.82 Å². The highest BCUT2D eigenvalue weighted by atomic mass is 16.5. The van der Waals surface area contributed by atoms with Gasteiger partial charge in [-0.05, 0) is 48.6 Å². The third-order valence-corrected chi connectivity index (χ3v) is 4.35. The molecule has 0 atom stereocenters. The first-order chi connectivity index (χ1) is 10.3. The molecule has 2 heterocycles. The molecule has 4 heteroatoms. The van der Waals surface area contributed by atoms with Crippen LogP contribution in [-0.2, 0) is 13.0 Å². The minimum atomic E-state index is 0.599. The smallest absolute Gasteiger partial charge is 0.133 e. The van der Waals surface area contributed by atoms with Crippen molar-refractivity contribution in [2.24, 2.45) is 0 Å². The van der Waals surface area contributed by atoms with E-state index in [-0.39, 0.29) is 0 Å². The zero-order chi connectivity index (χ0) is 14.2. The van der Waals surface area contributed by atoms with Crippen LogP contribution in [0.1, 0.15) is 35.7 Å². The molecule has 0 bridgehead atoms. The van der Waals surface area contributed by atoms with Crippen LogP contribution >= 0.6 is 0 Å². The van der Waals surface area contributed by atoms with Crippen molar-refractivity contribution in [2.45, 2.75) is 31.7 Å². The Morgan fingerprint density at radius 3 is 2.90 bits per heavy atom. The van der Waals surface area contributed by atoms with E-state index in [0.717, 1.165) is 36.9 Å². The van der Waals surface area contributed by atoms with Crippen LogP contribution in [-0.4, -0.2) is 23.6 Å². The minimum Gasteiger partial charge on any atom is -0.497 e. The van der Waals surface area contributed by atoms with Gasteiger partial charge >= 0.3 is 0 Å². The van der Waals surface area contributed by atoms with Gasteiger partial charge in [0.15, 0.2) is 0 Å². The Hall–Kier alpha value is -2.10. The van der Waals surface area contributed by atoms with Crippen molar-refractivity contribution < 1.29 is 4.74 Å². The number of hydrogen-bond acceptors (Lipinski definition) is 4. The average Bonchev–Trinajstić information content (AvgIpc) is 3.39. The fraction of sp³-hybridized carbons (Fsp3) is 0.412. The third-order valence-electron chi connectivity index (χ3n) is 4.35. The molecule has 0 unspecified atom stereocenters. The molecule has 0 spiro atoms.